The maximum atomic E-state index is 12.9. The van der Waals surface area contributed by atoms with Crippen LogP contribution in [-0.4, -0.2) is 36.2 Å². The Morgan fingerprint density at radius 3 is 2.62 bits per heavy atom. The van der Waals surface area contributed by atoms with Gasteiger partial charge in [-0.2, -0.15) is 0 Å². The largest absolute Gasteiger partial charge is 0.496 e. The summed E-state index contributed by atoms with van der Waals surface area (Å²) < 4.78 is 8.62. The summed E-state index contributed by atoms with van der Waals surface area (Å²) in [6.07, 6.45) is 5.20. The van der Waals surface area contributed by atoms with Crippen LogP contribution in [0.25, 0.3) is 0 Å². The van der Waals surface area contributed by atoms with Gasteiger partial charge in [-0.05, 0) is 80.2 Å². The fourth-order valence-corrected chi connectivity index (χ4v) is 5.30. The molecule has 0 radical (unpaired) electrons. The van der Waals surface area contributed by atoms with Gasteiger partial charge in [0, 0.05) is 35.9 Å². The lowest BCUT2D eigenvalue weighted by Crippen LogP contribution is -2.47. The number of nitrogens with zero attached hydrogens (tertiary/aromatic N) is 1. The van der Waals surface area contributed by atoms with Crippen LogP contribution in [0.15, 0.2) is 30.3 Å². The molecule has 3 amide bonds. The number of nitrogens with one attached hydrogen (secondary N) is 3. The second-order valence-corrected chi connectivity index (χ2v) is 9.90. The molecule has 2 aliphatic rings. The lowest BCUT2D eigenvalue weighted by Gasteiger charge is -2.39. The van der Waals surface area contributed by atoms with Crippen LogP contribution in [0.4, 0.5) is 16.2 Å². The highest BCUT2D eigenvalue weighted by Gasteiger charge is 2.34. The number of carbonyl (C=O) groups excluding carboxylic acids is 2. The van der Waals surface area contributed by atoms with Gasteiger partial charge in [-0.3, -0.25) is 9.52 Å². The monoisotopic (exact) mass is 482 g/mol. The van der Waals surface area contributed by atoms with Crippen molar-refractivity contribution in [3.8, 4) is 5.75 Å². The summed E-state index contributed by atoms with van der Waals surface area (Å²) in [6.45, 7) is 5.46. The lowest BCUT2D eigenvalue weighted by molar-refractivity contribution is -0.121. The van der Waals surface area contributed by atoms with E-state index in [0.29, 0.717) is 6.54 Å². The van der Waals surface area contributed by atoms with E-state index in [9.17, 15) is 9.59 Å². The number of benzene rings is 2. The molecular weight excluding hydrogens is 448 g/mol. The number of hydrogen-bond acceptors (Lipinski definition) is 5. The van der Waals surface area contributed by atoms with E-state index in [1.54, 1.807) is 19.1 Å². The summed E-state index contributed by atoms with van der Waals surface area (Å²) in [4.78, 5) is 27.8. The molecule has 182 valence electrons. The Hall–Kier alpha value is -2.71. The van der Waals surface area contributed by atoms with Crippen molar-refractivity contribution >= 4 is 35.3 Å². The first-order valence-corrected chi connectivity index (χ1v) is 13.0. The zero-order valence-electron chi connectivity index (χ0n) is 20.4. The zero-order valence-corrected chi connectivity index (χ0v) is 21.2. The smallest absolute Gasteiger partial charge is 0.322 e. The highest BCUT2D eigenvalue weighted by molar-refractivity contribution is 7.96. The van der Waals surface area contributed by atoms with E-state index in [0.717, 1.165) is 60.5 Å². The van der Waals surface area contributed by atoms with E-state index < -0.39 is 0 Å². The van der Waals surface area contributed by atoms with E-state index in [1.807, 2.05) is 36.3 Å². The molecule has 34 heavy (non-hydrogen) atoms. The first-order valence-electron chi connectivity index (χ1n) is 11.8. The summed E-state index contributed by atoms with van der Waals surface area (Å²) in [7, 11) is 1.63. The van der Waals surface area contributed by atoms with Crippen molar-refractivity contribution in [2.75, 3.05) is 24.0 Å². The van der Waals surface area contributed by atoms with Crippen LogP contribution in [0, 0.1) is 19.8 Å². The SMILES string of the molecule is COc1cc(NC(=O)C2CCC(N3Cc4c(C)cc(CNSC)cc4NC3=O)CC2)ccc1C. The van der Waals surface area contributed by atoms with Gasteiger partial charge in [-0.25, -0.2) is 4.79 Å². The molecule has 8 heteroatoms. The Morgan fingerprint density at radius 2 is 1.91 bits per heavy atom. The van der Waals surface area contributed by atoms with Crippen molar-refractivity contribution in [3.05, 3.63) is 52.6 Å². The molecule has 1 aliphatic heterocycles. The van der Waals surface area contributed by atoms with Crippen LogP contribution in [0.3, 0.4) is 0 Å². The third-order valence-corrected chi connectivity index (χ3v) is 7.40. The minimum Gasteiger partial charge on any atom is -0.496 e. The molecular formula is C26H34N4O3S. The fraction of sp³-hybridized carbons (Fsp3) is 0.462. The minimum atomic E-state index is -0.0445. The van der Waals surface area contributed by atoms with E-state index >= 15 is 0 Å². The van der Waals surface area contributed by atoms with Gasteiger partial charge in [0.2, 0.25) is 5.91 Å². The summed E-state index contributed by atoms with van der Waals surface area (Å²) in [5.74, 6) is 0.762. The van der Waals surface area contributed by atoms with E-state index in [1.165, 1.54) is 11.1 Å². The molecule has 0 atom stereocenters. The molecule has 0 spiro atoms. The fourth-order valence-electron chi connectivity index (χ4n) is 4.99. The highest BCUT2D eigenvalue weighted by atomic mass is 32.2. The standard InChI is InChI=1S/C26H34N4O3S/c1-16-5-8-20(13-24(16)33-3)28-25(31)19-6-9-21(10-7-19)30-15-22-17(2)11-18(14-27-34-4)12-23(22)29-26(30)32/h5,8,11-13,19,21,27H,6-7,9-10,14-15H2,1-4H3,(H,28,31)(H,29,32). The van der Waals surface area contributed by atoms with Crippen molar-refractivity contribution in [1.29, 1.82) is 0 Å². The maximum absolute atomic E-state index is 12.9. The minimum absolute atomic E-state index is 0.0403. The number of amides is 3. The van der Waals surface area contributed by atoms with Crippen molar-refractivity contribution in [1.82, 2.24) is 9.62 Å². The normalized spacial score (nSPS) is 19.9. The zero-order chi connectivity index (χ0) is 24.2. The van der Waals surface area contributed by atoms with E-state index in [2.05, 4.69) is 34.4 Å². The molecule has 0 aromatic heterocycles. The average Bonchev–Trinajstić information content (AvgIpc) is 2.83. The van der Waals surface area contributed by atoms with Crippen molar-refractivity contribution in [2.24, 2.45) is 5.92 Å². The van der Waals surface area contributed by atoms with Gasteiger partial charge in [0.15, 0.2) is 0 Å². The Balaban J connectivity index is 1.36. The Labute approximate surface area is 206 Å². The maximum Gasteiger partial charge on any atom is 0.322 e. The molecule has 7 nitrogen and oxygen atoms in total. The molecule has 1 heterocycles. The number of anilines is 2. The number of methoxy groups -OCH3 is 1. The number of ether oxygens (including phenoxy) is 1. The number of hydrogen-bond donors (Lipinski definition) is 3. The average molecular weight is 483 g/mol. The van der Waals surface area contributed by atoms with Crippen LogP contribution in [0.2, 0.25) is 0 Å². The molecule has 1 aliphatic carbocycles. The predicted octanol–water partition coefficient (Wildman–Crippen LogP) is 5.22. The molecule has 1 saturated carbocycles. The Bertz CT molecular complexity index is 1070. The van der Waals surface area contributed by atoms with Gasteiger partial charge in [0.05, 0.1) is 13.7 Å². The number of urea groups is 1. The van der Waals surface area contributed by atoms with Crippen LogP contribution in [-0.2, 0) is 17.9 Å². The lowest BCUT2D eigenvalue weighted by atomic mass is 9.84. The van der Waals surface area contributed by atoms with Gasteiger partial charge < -0.3 is 20.3 Å². The summed E-state index contributed by atoms with van der Waals surface area (Å²) in [5.41, 5.74) is 6.25. The summed E-state index contributed by atoms with van der Waals surface area (Å²) in [5, 5.41) is 6.15. The van der Waals surface area contributed by atoms with Crippen LogP contribution in [0.5, 0.6) is 5.75 Å². The highest BCUT2D eigenvalue weighted by Crippen LogP contribution is 2.35. The summed E-state index contributed by atoms with van der Waals surface area (Å²) >= 11 is 1.58. The van der Waals surface area contributed by atoms with Crippen LogP contribution in [0.1, 0.15) is 47.9 Å². The van der Waals surface area contributed by atoms with E-state index in [-0.39, 0.29) is 23.9 Å². The topological polar surface area (TPSA) is 82.7 Å². The predicted molar refractivity (Wildman–Crippen MR) is 138 cm³/mol. The Kier molecular flexibility index (Phi) is 7.68. The number of rotatable bonds is 7. The van der Waals surface area contributed by atoms with Gasteiger partial charge in [0.1, 0.15) is 5.75 Å². The molecule has 2 aromatic carbocycles. The first-order chi connectivity index (χ1) is 16.4. The summed E-state index contributed by atoms with van der Waals surface area (Å²) in [6, 6.07) is 10.1. The number of fused-ring (bicyclic) bond motifs is 1. The second-order valence-electron chi connectivity index (χ2n) is 9.20. The quantitative estimate of drug-likeness (QED) is 0.471. The Morgan fingerprint density at radius 1 is 1.15 bits per heavy atom. The molecule has 3 N–H and O–H groups in total. The molecule has 2 aromatic rings. The molecule has 0 saturated heterocycles. The third kappa shape index (κ3) is 5.33. The third-order valence-electron chi connectivity index (χ3n) is 6.97. The van der Waals surface area contributed by atoms with Gasteiger partial charge in [-0.15, -0.1) is 0 Å². The molecule has 1 fully saturated rings. The van der Waals surface area contributed by atoms with Crippen molar-refractivity contribution in [2.45, 2.75) is 58.7 Å². The van der Waals surface area contributed by atoms with E-state index in [4.69, 9.17) is 4.74 Å². The van der Waals surface area contributed by atoms with Crippen molar-refractivity contribution < 1.29 is 14.3 Å². The molecule has 4 rings (SSSR count). The van der Waals surface area contributed by atoms with Crippen molar-refractivity contribution in [3.63, 3.8) is 0 Å². The second kappa shape index (κ2) is 10.7. The van der Waals surface area contributed by atoms with Gasteiger partial charge in [-0.1, -0.05) is 24.1 Å². The van der Waals surface area contributed by atoms with Gasteiger partial charge in [0.25, 0.3) is 0 Å². The molecule has 0 bridgehead atoms. The number of aryl methyl sites for hydroxylation is 2. The number of carbonyl (C=O) groups is 2. The van der Waals surface area contributed by atoms with Crippen LogP contribution < -0.4 is 20.1 Å². The van der Waals surface area contributed by atoms with Crippen LogP contribution >= 0.6 is 11.9 Å². The van der Waals surface area contributed by atoms with Gasteiger partial charge >= 0.3 is 6.03 Å². The first kappa shape index (κ1) is 24.4. The molecule has 0 unspecified atom stereocenters.